The molecular weight excluding hydrogens is 258 g/mol. The Morgan fingerprint density at radius 3 is 2.89 bits per heavy atom. The van der Waals surface area contributed by atoms with E-state index in [1.165, 1.54) is 16.8 Å². The summed E-state index contributed by atoms with van der Waals surface area (Å²) in [7, 11) is 0. The van der Waals surface area contributed by atoms with E-state index in [2.05, 4.69) is 24.9 Å². The second-order valence-electron chi connectivity index (χ2n) is 5.51. The predicted molar refractivity (Wildman–Crippen MR) is 78.5 cm³/mol. The van der Waals surface area contributed by atoms with Crippen LogP contribution >= 0.6 is 11.6 Å². The van der Waals surface area contributed by atoms with Gasteiger partial charge in [-0.3, -0.25) is 0 Å². The molecule has 0 bridgehead atoms. The van der Waals surface area contributed by atoms with E-state index < -0.39 is 0 Å². The van der Waals surface area contributed by atoms with Gasteiger partial charge in [-0.2, -0.15) is 0 Å². The number of aromatic amines is 1. The van der Waals surface area contributed by atoms with Crippen molar-refractivity contribution in [1.82, 2.24) is 9.97 Å². The zero-order valence-electron chi connectivity index (χ0n) is 11.2. The first-order chi connectivity index (χ1) is 9.10. The number of nitrogens with two attached hydrogens (primary N) is 1. The lowest BCUT2D eigenvalue weighted by Crippen LogP contribution is -2.19. The van der Waals surface area contributed by atoms with Crippen molar-refractivity contribution in [1.29, 1.82) is 0 Å². The molecule has 1 aromatic heterocycles. The van der Waals surface area contributed by atoms with Crippen LogP contribution in [-0.2, 0) is 6.42 Å². The smallest absolute Gasteiger partial charge is 0.111 e. The van der Waals surface area contributed by atoms with Gasteiger partial charge in [0, 0.05) is 35.2 Å². The van der Waals surface area contributed by atoms with Gasteiger partial charge in [0.05, 0.1) is 5.69 Å². The first-order valence-corrected chi connectivity index (χ1v) is 7.05. The maximum Gasteiger partial charge on any atom is 0.111 e. The first kappa shape index (κ1) is 12.7. The standard InChI is InChI=1S/C15H18ClN3/c1-8(2)12(7-17)15-18-13-6-9-5-10(16)3-4-11(9)14(13)19-15/h3-5,8,12H,6-7,17H2,1-2H3,(H,18,19). The fourth-order valence-corrected chi connectivity index (χ4v) is 2.98. The van der Waals surface area contributed by atoms with Crippen LogP contribution in [0.2, 0.25) is 5.02 Å². The van der Waals surface area contributed by atoms with Gasteiger partial charge in [0.1, 0.15) is 5.82 Å². The molecule has 2 aromatic rings. The number of hydrogen-bond acceptors (Lipinski definition) is 2. The molecule has 0 aliphatic heterocycles. The minimum absolute atomic E-state index is 0.293. The highest BCUT2D eigenvalue weighted by atomic mass is 35.5. The molecule has 0 radical (unpaired) electrons. The van der Waals surface area contributed by atoms with Gasteiger partial charge in [-0.25, -0.2) is 4.98 Å². The highest BCUT2D eigenvalue weighted by Gasteiger charge is 2.26. The monoisotopic (exact) mass is 275 g/mol. The molecule has 0 spiro atoms. The summed E-state index contributed by atoms with van der Waals surface area (Å²) in [4.78, 5) is 8.23. The Morgan fingerprint density at radius 1 is 1.42 bits per heavy atom. The third-order valence-electron chi connectivity index (χ3n) is 3.90. The highest BCUT2D eigenvalue weighted by Crippen LogP contribution is 2.37. The molecule has 3 nitrogen and oxygen atoms in total. The zero-order valence-corrected chi connectivity index (χ0v) is 12.0. The minimum Gasteiger partial charge on any atom is -0.345 e. The van der Waals surface area contributed by atoms with Crippen molar-refractivity contribution in [3.8, 4) is 11.3 Å². The zero-order chi connectivity index (χ0) is 13.6. The van der Waals surface area contributed by atoms with Gasteiger partial charge in [0.2, 0.25) is 0 Å². The topological polar surface area (TPSA) is 54.7 Å². The van der Waals surface area contributed by atoms with E-state index in [4.69, 9.17) is 22.3 Å². The van der Waals surface area contributed by atoms with Gasteiger partial charge in [0.15, 0.2) is 0 Å². The molecule has 3 rings (SSSR count). The van der Waals surface area contributed by atoms with Crippen molar-refractivity contribution >= 4 is 11.6 Å². The number of H-pyrrole nitrogens is 1. The summed E-state index contributed by atoms with van der Waals surface area (Å²) in [6, 6.07) is 6.00. The van der Waals surface area contributed by atoms with Crippen molar-refractivity contribution < 1.29 is 0 Å². The Kier molecular flexibility index (Phi) is 3.11. The van der Waals surface area contributed by atoms with Crippen molar-refractivity contribution in [2.45, 2.75) is 26.2 Å². The van der Waals surface area contributed by atoms with Crippen LogP contribution in [0.1, 0.15) is 36.8 Å². The molecule has 1 aliphatic rings. The van der Waals surface area contributed by atoms with Crippen LogP contribution in [0.25, 0.3) is 11.3 Å². The van der Waals surface area contributed by atoms with Gasteiger partial charge >= 0.3 is 0 Å². The van der Waals surface area contributed by atoms with E-state index in [0.29, 0.717) is 18.4 Å². The molecule has 1 atom stereocenters. The molecule has 1 unspecified atom stereocenters. The van der Waals surface area contributed by atoms with E-state index in [0.717, 1.165) is 23.0 Å². The summed E-state index contributed by atoms with van der Waals surface area (Å²) in [5.74, 6) is 1.80. The molecule has 0 saturated heterocycles. The summed E-state index contributed by atoms with van der Waals surface area (Å²) >= 11 is 6.03. The number of imidazole rings is 1. The molecule has 0 saturated carbocycles. The molecular formula is C15H18ClN3. The molecule has 1 aromatic carbocycles. The molecule has 1 aliphatic carbocycles. The van der Waals surface area contributed by atoms with Gasteiger partial charge in [-0.05, 0) is 23.6 Å². The highest BCUT2D eigenvalue weighted by molar-refractivity contribution is 6.30. The van der Waals surface area contributed by atoms with Crippen LogP contribution in [0.15, 0.2) is 18.2 Å². The summed E-state index contributed by atoms with van der Waals surface area (Å²) in [6.07, 6.45) is 0.883. The van der Waals surface area contributed by atoms with Crippen molar-refractivity contribution in [2.24, 2.45) is 11.7 Å². The molecule has 19 heavy (non-hydrogen) atoms. The molecule has 3 N–H and O–H groups in total. The number of nitrogens with one attached hydrogen (secondary N) is 1. The lowest BCUT2D eigenvalue weighted by molar-refractivity contribution is 0.486. The quantitative estimate of drug-likeness (QED) is 0.770. The number of aromatic nitrogens is 2. The average molecular weight is 276 g/mol. The normalized spacial score (nSPS) is 14.6. The maximum absolute atomic E-state index is 6.03. The lowest BCUT2D eigenvalue weighted by atomic mass is 9.95. The Hall–Kier alpha value is -1.32. The molecule has 100 valence electrons. The van der Waals surface area contributed by atoms with Crippen LogP contribution < -0.4 is 5.73 Å². The number of nitrogens with zero attached hydrogens (tertiary/aromatic N) is 1. The van der Waals surface area contributed by atoms with Gasteiger partial charge in [0.25, 0.3) is 0 Å². The Morgan fingerprint density at radius 2 is 2.21 bits per heavy atom. The fraction of sp³-hybridized carbons (Fsp3) is 0.400. The Balaban J connectivity index is 2.01. The molecule has 0 amide bonds. The fourth-order valence-electron chi connectivity index (χ4n) is 2.79. The number of hydrogen-bond donors (Lipinski definition) is 2. The van der Waals surface area contributed by atoms with Gasteiger partial charge < -0.3 is 10.7 Å². The van der Waals surface area contributed by atoms with Crippen LogP contribution in [0.4, 0.5) is 0 Å². The van der Waals surface area contributed by atoms with Crippen LogP contribution in [0.3, 0.4) is 0 Å². The second-order valence-corrected chi connectivity index (χ2v) is 5.95. The lowest BCUT2D eigenvalue weighted by Gasteiger charge is -2.16. The number of benzene rings is 1. The molecule has 4 heteroatoms. The van der Waals surface area contributed by atoms with E-state index in [-0.39, 0.29) is 0 Å². The van der Waals surface area contributed by atoms with E-state index in [1.54, 1.807) is 0 Å². The number of halogens is 1. The van der Waals surface area contributed by atoms with Crippen molar-refractivity contribution in [3.63, 3.8) is 0 Å². The van der Waals surface area contributed by atoms with E-state index in [9.17, 15) is 0 Å². The summed E-state index contributed by atoms with van der Waals surface area (Å²) in [5.41, 5.74) is 10.6. The SMILES string of the molecule is CC(C)C(CN)c1nc2c([nH]1)Cc1cc(Cl)ccc1-2. The maximum atomic E-state index is 6.03. The van der Waals surface area contributed by atoms with E-state index in [1.807, 2.05) is 12.1 Å². The van der Waals surface area contributed by atoms with Gasteiger partial charge in [-0.1, -0.05) is 31.5 Å². The third kappa shape index (κ3) is 2.07. The van der Waals surface area contributed by atoms with Crippen LogP contribution in [-0.4, -0.2) is 16.5 Å². The summed E-state index contributed by atoms with van der Waals surface area (Å²) in [5, 5.41) is 0.783. The minimum atomic E-state index is 0.293. The summed E-state index contributed by atoms with van der Waals surface area (Å²) in [6.45, 7) is 4.98. The second kappa shape index (κ2) is 4.66. The predicted octanol–water partition coefficient (Wildman–Crippen LogP) is 3.33. The van der Waals surface area contributed by atoms with Crippen LogP contribution in [0, 0.1) is 5.92 Å². The van der Waals surface area contributed by atoms with Crippen molar-refractivity contribution in [3.05, 3.63) is 40.3 Å². The largest absolute Gasteiger partial charge is 0.345 e. The molecule has 0 fully saturated rings. The number of fused-ring (bicyclic) bond motifs is 3. The average Bonchev–Trinajstić information content (AvgIpc) is 2.86. The first-order valence-electron chi connectivity index (χ1n) is 6.67. The number of rotatable bonds is 3. The summed E-state index contributed by atoms with van der Waals surface area (Å²) < 4.78 is 0. The van der Waals surface area contributed by atoms with Crippen molar-refractivity contribution in [2.75, 3.05) is 6.54 Å². The Bertz CT molecular complexity index is 616. The third-order valence-corrected chi connectivity index (χ3v) is 4.13. The van der Waals surface area contributed by atoms with Crippen LogP contribution in [0.5, 0.6) is 0 Å². The Labute approximate surface area is 118 Å². The van der Waals surface area contributed by atoms with Gasteiger partial charge in [-0.15, -0.1) is 0 Å². The molecule has 1 heterocycles. The van der Waals surface area contributed by atoms with E-state index >= 15 is 0 Å².